The molecule has 1 aromatic heterocycles. The van der Waals surface area contributed by atoms with Gasteiger partial charge in [0.25, 0.3) is 0 Å². The van der Waals surface area contributed by atoms with Crippen molar-refractivity contribution in [3.8, 4) is 0 Å². The van der Waals surface area contributed by atoms with E-state index in [9.17, 15) is 41.0 Å². The Morgan fingerprint density at radius 3 is 2.17 bits per heavy atom. The molecular weight excluding hydrogens is 426 g/mol. The Hall–Kier alpha value is -2.60. The molecule has 0 spiro atoms. The van der Waals surface area contributed by atoms with Crippen molar-refractivity contribution < 1.29 is 41.0 Å². The van der Waals surface area contributed by atoms with Gasteiger partial charge in [-0.3, -0.25) is 4.79 Å². The Balaban J connectivity index is 2.11. The standard InChI is InChI=1S/C17H12F6N2O3S/c18-16(19,20)9-5-3-8(4-6-9)12-11(13(26)10-2-1-7-29-10)15(28,17(21,22)23)25-14(27)24-12/h1-7,11-12,28H,(H2,24,25,27)/t11-,12-,15+/m1/s1. The second kappa shape index (κ2) is 7.02. The number of carbonyl (C=O) groups is 2. The van der Waals surface area contributed by atoms with Crippen LogP contribution < -0.4 is 10.6 Å². The van der Waals surface area contributed by atoms with Crippen molar-refractivity contribution in [2.45, 2.75) is 24.1 Å². The highest BCUT2D eigenvalue weighted by Crippen LogP contribution is 2.44. The van der Waals surface area contributed by atoms with Gasteiger partial charge in [0.2, 0.25) is 5.72 Å². The minimum atomic E-state index is -5.44. The van der Waals surface area contributed by atoms with Gasteiger partial charge in [-0.15, -0.1) is 11.3 Å². The quantitative estimate of drug-likeness (QED) is 0.503. The fraction of sp³-hybridized carbons (Fsp3) is 0.294. The number of hydrogen-bond acceptors (Lipinski definition) is 4. The fourth-order valence-electron chi connectivity index (χ4n) is 3.07. The largest absolute Gasteiger partial charge is 0.437 e. The van der Waals surface area contributed by atoms with E-state index in [1.165, 1.54) is 22.8 Å². The van der Waals surface area contributed by atoms with E-state index in [2.05, 4.69) is 5.32 Å². The van der Waals surface area contributed by atoms with Crippen LogP contribution in [0.3, 0.4) is 0 Å². The second-order valence-corrected chi connectivity index (χ2v) is 7.23. The summed E-state index contributed by atoms with van der Waals surface area (Å²) in [7, 11) is 0. The number of ketones is 1. The number of thiophene rings is 1. The summed E-state index contributed by atoms with van der Waals surface area (Å²) in [6, 6.07) is 2.43. The highest BCUT2D eigenvalue weighted by molar-refractivity contribution is 7.12. The molecule has 1 fully saturated rings. The first-order valence-electron chi connectivity index (χ1n) is 7.97. The maximum absolute atomic E-state index is 13.7. The highest BCUT2D eigenvalue weighted by Gasteiger charge is 2.66. The van der Waals surface area contributed by atoms with Gasteiger partial charge in [0.1, 0.15) is 5.92 Å². The third-order valence-corrected chi connectivity index (χ3v) is 5.33. The third-order valence-electron chi connectivity index (χ3n) is 4.45. The molecule has 0 aliphatic carbocycles. The number of halogens is 6. The average molecular weight is 438 g/mol. The number of Topliss-reactive ketones (excluding diaryl/α,β-unsaturated/α-hetero) is 1. The van der Waals surface area contributed by atoms with Crippen molar-refractivity contribution in [1.82, 2.24) is 10.6 Å². The number of nitrogens with one attached hydrogen (secondary N) is 2. The Morgan fingerprint density at radius 1 is 1.07 bits per heavy atom. The molecule has 2 heterocycles. The van der Waals surface area contributed by atoms with E-state index in [-0.39, 0.29) is 10.4 Å². The predicted octanol–water partition coefficient (Wildman–Crippen LogP) is 3.87. The maximum Gasteiger partial charge on any atom is 0.437 e. The van der Waals surface area contributed by atoms with Crippen molar-refractivity contribution >= 4 is 23.2 Å². The molecule has 3 rings (SSSR count). The second-order valence-electron chi connectivity index (χ2n) is 6.28. The predicted molar refractivity (Wildman–Crippen MR) is 89.0 cm³/mol. The van der Waals surface area contributed by atoms with E-state index in [1.54, 1.807) is 0 Å². The molecule has 0 bridgehead atoms. The summed E-state index contributed by atoms with van der Waals surface area (Å²) in [6.07, 6.45) is -10.1. The van der Waals surface area contributed by atoms with Crippen LogP contribution in [0.4, 0.5) is 31.1 Å². The Bertz CT molecular complexity index is 911. The van der Waals surface area contributed by atoms with Gasteiger partial charge in [-0.25, -0.2) is 4.79 Å². The Labute approximate surface area is 163 Å². The molecule has 3 atom stereocenters. The van der Waals surface area contributed by atoms with Crippen molar-refractivity contribution in [3.05, 3.63) is 57.8 Å². The zero-order chi connectivity index (χ0) is 21.6. The minimum absolute atomic E-state index is 0.118. The van der Waals surface area contributed by atoms with Gasteiger partial charge in [0.15, 0.2) is 5.78 Å². The summed E-state index contributed by atoms with van der Waals surface area (Å²) in [4.78, 5) is 24.5. The number of hydrogen-bond donors (Lipinski definition) is 3. The number of urea groups is 1. The minimum Gasteiger partial charge on any atom is -0.363 e. The fourth-order valence-corrected chi connectivity index (χ4v) is 3.77. The smallest absolute Gasteiger partial charge is 0.363 e. The van der Waals surface area contributed by atoms with Gasteiger partial charge in [-0.1, -0.05) is 18.2 Å². The average Bonchev–Trinajstić information content (AvgIpc) is 3.13. The molecular formula is C17H12F6N2O3S. The number of benzene rings is 1. The van der Waals surface area contributed by atoms with Crippen molar-refractivity contribution in [2.24, 2.45) is 5.92 Å². The van der Waals surface area contributed by atoms with Gasteiger partial charge >= 0.3 is 18.4 Å². The van der Waals surface area contributed by atoms with Crippen LogP contribution in [-0.2, 0) is 6.18 Å². The topological polar surface area (TPSA) is 78.4 Å². The van der Waals surface area contributed by atoms with Gasteiger partial charge in [0, 0.05) is 0 Å². The number of rotatable bonds is 3. The van der Waals surface area contributed by atoms with Crippen LogP contribution in [0, 0.1) is 5.92 Å². The summed E-state index contributed by atoms with van der Waals surface area (Å²) < 4.78 is 79.3. The molecule has 3 N–H and O–H groups in total. The summed E-state index contributed by atoms with van der Waals surface area (Å²) >= 11 is 0.823. The van der Waals surface area contributed by atoms with Gasteiger partial charge in [-0.2, -0.15) is 26.3 Å². The lowest BCUT2D eigenvalue weighted by molar-refractivity contribution is -0.287. The molecule has 0 radical (unpaired) electrons. The van der Waals surface area contributed by atoms with Crippen molar-refractivity contribution in [1.29, 1.82) is 0 Å². The normalized spacial score (nSPS) is 25.3. The van der Waals surface area contributed by atoms with Crippen molar-refractivity contribution in [2.75, 3.05) is 0 Å². The Morgan fingerprint density at radius 2 is 1.69 bits per heavy atom. The van der Waals surface area contributed by atoms with Crippen LogP contribution in [-0.4, -0.2) is 28.8 Å². The van der Waals surface area contributed by atoms with Crippen LogP contribution in [0.1, 0.15) is 26.8 Å². The molecule has 12 heteroatoms. The third kappa shape index (κ3) is 3.81. The van der Waals surface area contributed by atoms with Crippen LogP contribution in [0.2, 0.25) is 0 Å². The zero-order valence-electron chi connectivity index (χ0n) is 14.1. The molecule has 0 saturated carbocycles. The lowest BCUT2D eigenvalue weighted by Gasteiger charge is -2.44. The number of aliphatic hydroxyl groups is 1. The molecule has 2 aromatic rings. The first kappa shape index (κ1) is 21.1. The molecule has 2 amide bonds. The zero-order valence-corrected chi connectivity index (χ0v) is 15.0. The molecule has 1 saturated heterocycles. The molecule has 5 nitrogen and oxygen atoms in total. The van der Waals surface area contributed by atoms with Crippen LogP contribution in [0.25, 0.3) is 0 Å². The van der Waals surface area contributed by atoms with E-state index >= 15 is 0 Å². The lowest BCUT2D eigenvalue weighted by atomic mass is 9.78. The molecule has 29 heavy (non-hydrogen) atoms. The number of carbonyl (C=O) groups excluding carboxylic acids is 2. The molecule has 1 aliphatic heterocycles. The molecule has 1 aromatic carbocycles. The first-order chi connectivity index (χ1) is 13.3. The lowest BCUT2D eigenvalue weighted by Crippen LogP contribution is -2.72. The number of alkyl halides is 6. The summed E-state index contributed by atoms with van der Waals surface area (Å²) in [5.41, 5.74) is -5.19. The van der Waals surface area contributed by atoms with E-state index in [0.717, 1.165) is 23.5 Å². The van der Waals surface area contributed by atoms with Crippen molar-refractivity contribution in [3.63, 3.8) is 0 Å². The van der Waals surface area contributed by atoms with Crippen LogP contribution in [0.15, 0.2) is 41.8 Å². The monoisotopic (exact) mass is 438 g/mol. The van der Waals surface area contributed by atoms with E-state index < -0.39 is 47.4 Å². The van der Waals surface area contributed by atoms with E-state index in [4.69, 9.17) is 0 Å². The summed E-state index contributed by atoms with van der Waals surface area (Å²) in [6.45, 7) is 0. The van der Waals surface area contributed by atoms with Gasteiger partial charge in [0.05, 0.1) is 16.5 Å². The van der Waals surface area contributed by atoms with E-state index in [1.807, 2.05) is 0 Å². The number of amides is 2. The molecule has 156 valence electrons. The van der Waals surface area contributed by atoms with Crippen LogP contribution in [0.5, 0.6) is 0 Å². The highest BCUT2D eigenvalue weighted by atomic mass is 32.1. The first-order valence-corrected chi connectivity index (χ1v) is 8.85. The summed E-state index contributed by atoms with van der Waals surface area (Å²) in [5.74, 6) is -3.41. The van der Waals surface area contributed by atoms with Gasteiger partial charge < -0.3 is 15.7 Å². The van der Waals surface area contributed by atoms with E-state index in [0.29, 0.717) is 12.1 Å². The molecule has 1 aliphatic rings. The SMILES string of the molecule is O=C1N[C@H](c2ccc(C(F)(F)F)cc2)[C@H](C(=O)c2cccs2)[C@](O)(C(F)(F)F)N1. The molecule has 0 unspecified atom stereocenters. The summed E-state index contributed by atoms with van der Waals surface area (Å²) in [5, 5.41) is 15.2. The Kier molecular flexibility index (Phi) is 5.11. The van der Waals surface area contributed by atoms with Crippen LogP contribution >= 0.6 is 11.3 Å². The maximum atomic E-state index is 13.7. The van der Waals surface area contributed by atoms with Gasteiger partial charge in [-0.05, 0) is 29.1 Å².